The SMILES string of the molecule is CCC(CC)c1ccnc(-n2c3[c-]c(Oc4[c-]c(-n5[c-][n+](-c6c(-c7ccccc7)cccc6-c6ccccc6)cc5)ccc4)ccc3c3ccccc32)c1.[Pt]. The second kappa shape index (κ2) is 15.7. The first kappa shape index (κ1) is 36.0. The van der Waals surface area contributed by atoms with Gasteiger partial charge < -0.3 is 13.9 Å². The maximum Gasteiger partial charge on any atom is 0.267 e. The first-order valence-electron chi connectivity index (χ1n) is 18.6. The Morgan fingerprint density at radius 1 is 0.673 bits per heavy atom. The molecule has 0 N–H and O–H groups in total. The summed E-state index contributed by atoms with van der Waals surface area (Å²) in [4.78, 5) is 4.85. The van der Waals surface area contributed by atoms with Crippen molar-refractivity contribution in [2.24, 2.45) is 0 Å². The minimum Gasteiger partial charge on any atom is -0.510 e. The predicted molar refractivity (Wildman–Crippen MR) is 217 cm³/mol. The van der Waals surface area contributed by atoms with E-state index >= 15 is 0 Å². The molecule has 3 heterocycles. The maximum absolute atomic E-state index is 6.50. The molecule has 0 amide bonds. The molecule has 9 rings (SSSR count). The van der Waals surface area contributed by atoms with Gasteiger partial charge in [-0.1, -0.05) is 116 Å². The molecule has 6 heteroatoms. The van der Waals surface area contributed by atoms with Gasteiger partial charge in [0.1, 0.15) is 5.82 Å². The molecule has 0 aliphatic heterocycles. The molecule has 6 aromatic carbocycles. The van der Waals surface area contributed by atoms with Gasteiger partial charge in [0.25, 0.3) is 6.33 Å². The summed E-state index contributed by atoms with van der Waals surface area (Å²) in [5.41, 5.74) is 9.70. The normalized spacial score (nSPS) is 11.3. The van der Waals surface area contributed by atoms with E-state index in [0.29, 0.717) is 17.4 Å². The molecule has 9 aromatic rings. The molecule has 0 atom stereocenters. The van der Waals surface area contributed by atoms with Crippen LogP contribution in [0, 0.1) is 18.5 Å². The van der Waals surface area contributed by atoms with Crippen LogP contribution >= 0.6 is 0 Å². The van der Waals surface area contributed by atoms with Crippen molar-refractivity contribution in [3.63, 3.8) is 0 Å². The van der Waals surface area contributed by atoms with Crippen molar-refractivity contribution in [2.75, 3.05) is 0 Å². The fourth-order valence-electron chi connectivity index (χ4n) is 7.58. The molecule has 0 radical (unpaired) electrons. The van der Waals surface area contributed by atoms with Crippen molar-refractivity contribution in [3.8, 4) is 50.9 Å². The summed E-state index contributed by atoms with van der Waals surface area (Å²) in [6.45, 7) is 4.49. The van der Waals surface area contributed by atoms with Gasteiger partial charge >= 0.3 is 0 Å². The molecule has 0 spiro atoms. The van der Waals surface area contributed by atoms with E-state index in [-0.39, 0.29) is 21.1 Å². The smallest absolute Gasteiger partial charge is 0.267 e. The Morgan fingerprint density at radius 2 is 1.35 bits per heavy atom. The average Bonchev–Trinajstić information content (AvgIpc) is 3.85. The van der Waals surface area contributed by atoms with Crippen LogP contribution in [0.4, 0.5) is 0 Å². The van der Waals surface area contributed by atoms with Crippen LogP contribution in [0.15, 0.2) is 164 Å². The van der Waals surface area contributed by atoms with E-state index in [1.54, 1.807) is 0 Å². The molecule has 3 aromatic heterocycles. The van der Waals surface area contributed by atoms with Crippen molar-refractivity contribution in [1.82, 2.24) is 14.1 Å². The van der Waals surface area contributed by atoms with E-state index in [1.165, 1.54) is 5.56 Å². The van der Waals surface area contributed by atoms with Gasteiger partial charge in [-0.3, -0.25) is 4.57 Å². The van der Waals surface area contributed by atoms with Crippen LogP contribution in [-0.4, -0.2) is 14.1 Å². The van der Waals surface area contributed by atoms with Gasteiger partial charge in [-0.05, 0) is 75.8 Å². The van der Waals surface area contributed by atoms with Gasteiger partial charge in [0, 0.05) is 56.7 Å². The molecule has 0 saturated heterocycles. The number of ether oxygens (including phenoxy) is 1. The third-order valence-electron chi connectivity index (χ3n) is 10.3. The second-order valence-electron chi connectivity index (χ2n) is 13.5. The number of fused-ring (bicyclic) bond motifs is 3. The van der Waals surface area contributed by atoms with Crippen LogP contribution in [0.2, 0.25) is 0 Å². The molecule has 0 aliphatic rings. The molecule has 0 bridgehead atoms. The monoisotopic (exact) mass is 893 g/mol. The van der Waals surface area contributed by atoms with Gasteiger partial charge in [0.2, 0.25) is 0 Å². The van der Waals surface area contributed by atoms with Crippen LogP contribution in [0.5, 0.6) is 11.5 Å². The maximum atomic E-state index is 6.50. The Bertz CT molecular complexity index is 2670. The van der Waals surface area contributed by atoms with Gasteiger partial charge in [-0.15, -0.1) is 29.7 Å². The molecule has 272 valence electrons. The Morgan fingerprint density at radius 3 is 2.07 bits per heavy atom. The zero-order valence-corrected chi connectivity index (χ0v) is 32.9. The second-order valence-corrected chi connectivity index (χ2v) is 13.5. The van der Waals surface area contributed by atoms with Crippen molar-refractivity contribution >= 4 is 21.8 Å². The predicted octanol–water partition coefficient (Wildman–Crippen LogP) is 11.7. The van der Waals surface area contributed by atoms with E-state index in [4.69, 9.17) is 9.72 Å². The summed E-state index contributed by atoms with van der Waals surface area (Å²) in [6, 6.07) is 57.4. The molecule has 0 saturated carbocycles. The first-order chi connectivity index (χ1) is 26.7. The number of nitrogens with zero attached hydrogens (tertiary/aromatic N) is 4. The van der Waals surface area contributed by atoms with Gasteiger partial charge in [0.05, 0.1) is 5.69 Å². The van der Waals surface area contributed by atoms with E-state index in [0.717, 1.165) is 74.1 Å². The zero-order valence-electron chi connectivity index (χ0n) is 30.6. The molecule has 0 fully saturated rings. The molecule has 55 heavy (non-hydrogen) atoms. The number of hydrogen-bond donors (Lipinski definition) is 0. The number of para-hydroxylation sites is 2. The van der Waals surface area contributed by atoms with Gasteiger partial charge in [0.15, 0.2) is 0 Å². The number of hydrogen-bond acceptors (Lipinski definition) is 2. The fourth-order valence-corrected chi connectivity index (χ4v) is 7.58. The first-order valence-corrected chi connectivity index (χ1v) is 18.6. The molecular weight excluding hydrogens is 856 g/mol. The third kappa shape index (κ3) is 6.93. The number of aromatic nitrogens is 4. The molecular formula is C49H38N4OPt-2. The van der Waals surface area contributed by atoms with Crippen molar-refractivity contribution < 1.29 is 30.4 Å². The summed E-state index contributed by atoms with van der Waals surface area (Å²) in [7, 11) is 0. The quantitative estimate of drug-likeness (QED) is 0.101. The summed E-state index contributed by atoms with van der Waals surface area (Å²) in [5, 5.41) is 2.25. The topological polar surface area (TPSA) is 35.9 Å². The number of imidazole rings is 1. The van der Waals surface area contributed by atoms with Crippen molar-refractivity contribution in [3.05, 3.63) is 188 Å². The van der Waals surface area contributed by atoms with Gasteiger partial charge in [-0.25, -0.2) is 4.98 Å². The Labute approximate surface area is 336 Å². The molecule has 0 aliphatic carbocycles. The minimum absolute atomic E-state index is 0. The van der Waals surface area contributed by atoms with Crippen LogP contribution < -0.4 is 9.30 Å². The number of rotatable bonds is 10. The summed E-state index contributed by atoms with van der Waals surface area (Å²) in [6.07, 6.45) is 11.7. The standard InChI is InChI=1S/C49H38N4O.Pt/c1-3-35(4-2)38-27-28-50-48(31-38)53-46-24-12-11-21-44(46)45-26-25-41(33-47(45)53)54-40-20-13-19-39(32-40)51-29-30-52(34-51)49-42(36-15-7-5-8-16-36)22-14-23-43(49)37-17-9-6-10-18-37;/h5-31,35H,3-4H2,1-2H3;/q-2;. The number of benzene rings is 6. The van der Waals surface area contributed by atoms with Crippen LogP contribution in [-0.2, 0) is 21.1 Å². The van der Waals surface area contributed by atoms with E-state index < -0.39 is 0 Å². The summed E-state index contributed by atoms with van der Waals surface area (Å²) in [5.74, 6) is 2.56. The van der Waals surface area contributed by atoms with Crippen molar-refractivity contribution in [1.29, 1.82) is 0 Å². The Balaban J connectivity index is 0.00000427. The fraction of sp³-hybridized carbons (Fsp3) is 0.102. The minimum atomic E-state index is 0. The third-order valence-corrected chi connectivity index (χ3v) is 10.3. The molecule has 0 unspecified atom stereocenters. The Hall–Kier alpha value is -6.03. The average molecular weight is 894 g/mol. The van der Waals surface area contributed by atoms with Crippen LogP contribution in [0.1, 0.15) is 38.2 Å². The largest absolute Gasteiger partial charge is 0.510 e. The summed E-state index contributed by atoms with van der Waals surface area (Å²) < 4.78 is 12.7. The van der Waals surface area contributed by atoms with Crippen LogP contribution in [0.3, 0.4) is 0 Å². The Kier molecular flexibility index (Phi) is 10.3. The van der Waals surface area contributed by atoms with Crippen LogP contribution in [0.25, 0.3) is 61.3 Å². The van der Waals surface area contributed by atoms with Gasteiger partial charge in [-0.2, -0.15) is 18.2 Å². The number of pyridine rings is 1. The van der Waals surface area contributed by atoms with Crippen molar-refractivity contribution in [2.45, 2.75) is 32.6 Å². The van der Waals surface area contributed by atoms with E-state index in [2.05, 4.69) is 151 Å². The van der Waals surface area contributed by atoms with E-state index in [1.807, 2.05) is 59.6 Å². The molecule has 5 nitrogen and oxygen atoms in total. The van der Waals surface area contributed by atoms with E-state index in [9.17, 15) is 0 Å². The summed E-state index contributed by atoms with van der Waals surface area (Å²) >= 11 is 0. The zero-order chi connectivity index (χ0) is 36.4.